The van der Waals surface area contributed by atoms with Gasteiger partial charge in [-0.15, -0.1) is 0 Å². The van der Waals surface area contributed by atoms with Crippen LogP contribution in [0, 0.1) is 0 Å². The average Bonchev–Trinajstić information content (AvgIpc) is 4.06. The molecule has 13 rings (SSSR count). The minimum absolute atomic E-state index is 0.625. The molecule has 3 aromatic heterocycles. The van der Waals surface area contributed by atoms with Gasteiger partial charge >= 0.3 is 0 Å². The van der Waals surface area contributed by atoms with Gasteiger partial charge in [-0.3, -0.25) is 0 Å². The van der Waals surface area contributed by atoms with Crippen LogP contribution in [-0.4, -0.2) is 24.1 Å². The summed E-state index contributed by atoms with van der Waals surface area (Å²) in [4.78, 5) is 15.3. The zero-order valence-corrected chi connectivity index (χ0v) is 40.0. The third kappa shape index (κ3) is 7.47. The molecule has 0 bridgehead atoms. The molecule has 0 amide bonds. The van der Waals surface area contributed by atoms with Gasteiger partial charge in [-0.05, 0) is 142 Å². The van der Waals surface area contributed by atoms with Crippen molar-refractivity contribution in [2.24, 2.45) is 0 Å². The maximum atomic E-state index is 5.03. The summed E-state index contributed by atoms with van der Waals surface area (Å²) in [6.07, 6.45) is 12.8. The van der Waals surface area contributed by atoms with Gasteiger partial charge in [0.15, 0.2) is 5.82 Å². The zero-order valence-electron chi connectivity index (χ0n) is 40.0. The first-order valence-electron chi connectivity index (χ1n) is 24.7. The fourth-order valence-electron chi connectivity index (χ4n) is 11.2. The van der Waals surface area contributed by atoms with Gasteiger partial charge in [-0.25, -0.2) is 15.0 Å². The normalized spacial score (nSPS) is 14.5. The van der Waals surface area contributed by atoms with Gasteiger partial charge in [0, 0.05) is 56.4 Å². The Morgan fingerprint density at radius 1 is 0.493 bits per heavy atom. The molecule has 0 fully saturated rings. The molecule has 1 aliphatic carbocycles. The van der Waals surface area contributed by atoms with Crippen LogP contribution >= 0.6 is 0 Å². The van der Waals surface area contributed by atoms with E-state index in [4.69, 9.17) is 6.58 Å². The molecule has 6 nitrogen and oxygen atoms in total. The molecule has 12 aromatic rings. The predicted octanol–water partition coefficient (Wildman–Crippen LogP) is 16.0. The first-order chi connectivity index (χ1) is 36.1. The van der Waals surface area contributed by atoms with Crippen molar-refractivity contribution in [2.45, 2.75) is 11.8 Å². The Morgan fingerprint density at radius 2 is 1.07 bits per heavy atom. The van der Waals surface area contributed by atoms with Crippen LogP contribution in [0.2, 0.25) is 0 Å². The summed E-state index contributed by atoms with van der Waals surface area (Å²) >= 11 is 0. The molecule has 0 N–H and O–H groups in total. The summed E-state index contributed by atoms with van der Waals surface area (Å²) < 4.78 is 4.71. The second-order valence-electron chi connectivity index (χ2n) is 18.5. The van der Waals surface area contributed by atoms with Crippen molar-refractivity contribution in [2.75, 3.05) is 4.90 Å². The molecular weight excluding hydrogens is 889 g/mol. The molecule has 0 spiro atoms. The number of hydrogen-bond donors (Lipinski definition) is 0. The smallest absolute Gasteiger partial charge is 0.162 e. The van der Waals surface area contributed by atoms with E-state index in [0.717, 1.165) is 73.8 Å². The first-order valence-corrected chi connectivity index (χ1v) is 24.7. The van der Waals surface area contributed by atoms with E-state index >= 15 is 0 Å². The van der Waals surface area contributed by atoms with Crippen LogP contribution in [0.4, 0.5) is 11.4 Å². The highest BCUT2D eigenvalue weighted by molar-refractivity contribution is 6.19. The number of aromatic nitrogens is 5. The number of nitrogens with zero attached hydrogens (tertiary/aromatic N) is 6. The highest BCUT2D eigenvalue weighted by Gasteiger charge is 2.40. The van der Waals surface area contributed by atoms with E-state index in [1.54, 1.807) is 0 Å². The van der Waals surface area contributed by atoms with Gasteiger partial charge in [0.1, 0.15) is 12.7 Å². The molecule has 0 saturated carbocycles. The van der Waals surface area contributed by atoms with Crippen LogP contribution in [0.5, 0.6) is 0 Å². The van der Waals surface area contributed by atoms with Crippen molar-refractivity contribution in [3.8, 4) is 33.9 Å². The third-order valence-corrected chi connectivity index (χ3v) is 14.5. The van der Waals surface area contributed by atoms with Crippen molar-refractivity contribution in [3.63, 3.8) is 0 Å². The molecule has 0 aliphatic heterocycles. The fraction of sp³-hybridized carbons (Fsp3) is 0.0299. The highest BCUT2D eigenvalue weighted by atomic mass is 15.1. The quantitative estimate of drug-likeness (QED) is 0.145. The topological polar surface area (TPSA) is 51.8 Å². The molecular formula is C67H48N6. The van der Waals surface area contributed by atoms with Crippen LogP contribution in [0.1, 0.15) is 22.3 Å². The number of para-hydroxylation sites is 2. The number of hydrogen-bond acceptors (Lipinski definition) is 4. The first kappa shape index (κ1) is 43.4. The second-order valence-corrected chi connectivity index (χ2v) is 18.5. The lowest BCUT2D eigenvalue weighted by Gasteiger charge is -2.39. The van der Waals surface area contributed by atoms with Crippen molar-refractivity contribution in [1.29, 1.82) is 0 Å². The van der Waals surface area contributed by atoms with E-state index in [-0.39, 0.29) is 0 Å². The van der Waals surface area contributed by atoms with E-state index < -0.39 is 5.41 Å². The van der Waals surface area contributed by atoms with Gasteiger partial charge in [0.2, 0.25) is 0 Å². The molecule has 0 unspecified atom stereocenters. The van der Waals surface area contributed by atoms with Crippen LogP contribution in [0.15, 0.2) is 285 Å². The summed E-state index contributed by atoms with van der Waals surface area (Å²) in [6, 6.07) is 83.0. The van der Waals surface area contributed by atoms with E-state index in [1.165, 1.54) is 51.0 Å². The number of fused-ring (bicyclic) bond motifs is 6. The minimum atomic E-state index is -0.686. The van der Waals surface area contributed by atoms with Gasteiger partial charge in [0.25, 0.3) is 0 Å². The molecule has 0 atom stereocenters. The van der Waals surface area contributed by atoms with Crippen LogP contribution in [0.3, 0.4) is 0 Å². The second kappa shape index (κ2) is 18.3. The Kier molecular flexibility index (Phi) is 10.9. The van der Waals surface area contributed by atoms with E-state index in [1.807, 2.05) is 0 Å². The van der Waals surface area contributed by atoms with Gasteiger partial charge in [-0.2, -0.15) is 0 Å². The lowest BCUT2D eigenvalue weighted by molar-refractivity contribution is 0.736. The van der Waals surface area contributed by atoms with E-state index in [9.17, 15) is 0 Å². The summed E-state index contributed by atoms with van der Waals surface area (Å²) in [6.45, 7) is 5.03. The maximum Gasteiger partial charge on any atom is 0.162 e. The summed E-state index contributed by atoms with van der Waals surface area (Å²) in [7, 11) is 0. The lowest BCUT2D eigenvalue weighted by atomic mass is 9.63. The Labute approximate surface area is 424 Å². The number of allylic oxidation sites excluding steroid dienone is 4. The predicted molar refractivity (Wildman–Crippen MR) is 300 cm³/mol. The summed E-state index contributed by atoms with van der Waals surface area (Å²) in [5.41, 5.74) is 17.0. The Bertz CT molecular complexity index is 3990. The Hall–Kier alpha value is -9.65. The third-order valence-electron chi connectivity index (χ3n) is 14.5. The molecule has 346 valence electrons. The monoisotopic (exact) mass is 936 g/mol. The molecule has 3 heterocycles. The van der Waals surface area contributed by atoms with Gasteiger partial charge in [-0.1, -0.05) is 158 Å². The molecule has 0 radical (unpaired) electrons. The fourth-order valence-corrected chi connectivity index (χ4v) is 11.2. The van der Waals surface area contributed by atoms with E-state index in [0.29, 0.717) is 5.82 Å². The SMILES string of the molecule is C=C1/C=C(N(c2ccc(-c3ccc4c(c3)c3ccc5c(ccn5-c5ccccc5)c3n4-c3ccccc3)cc2)c2ccc(-c3ncncn3)cc2)\C=C/Cc2ccccc2C1(c1ccccc1)c1ccccc1. The van der Waals surface area contributed by atoms with Crippen molar-refractivity contribution >= 4 is 44.1 Å². The lowest BCUT2D eigenvalue weighted by Crippen LogP contribution is -2.32. The maximum absolute atomic E-state index is 5.03. The van der Waals surface area contributed by atoms with Crippen molar-refractivity contribution in [1.82, 2.24) is 24.1 Å². The van der Waals surface area contributed by atoms with Gasteiger partial charge in [0.05, 0.1) is 22.0 Å². The molecule has 0 saturated heterocycles. The van der Waals surface area contributed by atoms with E-state index in [2.05, 4.69) is 284 Å². The van der Waals surface area contributed by atoms with Crippen LogP contribution in [0.25, 0.3) is 66.6 Å². The Balaban J connectivity index is 0.957. The number of benzene rings is 9. The summed E-state index contributed by atoms with van der Waals surface area (Å²) in [5, 5.41) is 3.62. The number of anilines is 2. The Morgan fingerprint density at radius 3 is 1.74 bits per heavy atom. The molecule has 1 aliphatic rings. The average molecular weight is 937 g/mol. The molecule has 73 heavy (non-hydrogen) atoms. The van der Waals surface area contributed by atoms with Crippen LogP contribution < -0.4 is 4.90 Å². The summed E-state index contributed by atoms with van der Waals surface area (Å²) in [5.74, 6) is 0.625. The van der Waals surface area contributed by atoms with Crippen molar-refractivity contribution in [3.05, 3.63) is 308 Å². The number of rotatable bonds is 9. The molecule has 6 heteroatoms. The molecule has 9 aromatic carbocycles. The standard InChI is InChI=1S/C67H48N6/c1-47-43-58(27-16-18-49-17-14-15-28-62(49)67(47,52-19-6-2-7-20-52)53-21-8-3-9-22-53)72(57-36-31-50(32-37-57)66-69-45-68-46-70-66)56-34-29-48(30-35-56)51-33-39-64-61(44-51)59-38-40-63-60(41-42-71(63)54-23-10-4-11-24-54)65(59)73(64)55-25-12-5-13-26-55/h2-17,19-46H,1,18H2/b27-16-,58-43+. The highest BCUT2D eigenvalue weighted by Crippen LogP contribution is 2.48. The zero-order chi connectivity index (χ0) is 48.7. The largest absolute Gasteiger partial charge is 0.316 e. The van der Waals surface area contributed by atoms with Gasteiger partial charge < -0.3 is 14.0 Å². The minimum Gasteiger partial charge on any atom is -0.316 e. The van der Waals surface area contributed by atoms with Crippen molar-refractivity contribution < 1.29 is 0 Å². The van der Waals surface area contributed by atoms with Crippen LogP contribution in [-0.2, 0) is 11.8 Å².